The summed E-state index contributed by atoms with van der Waals surface area (Å²) in [6.45, 7) is -0.416. The molecule has 0 aromatic heterocycles. The second kappa shape index (κ2) is 5.26. The van der Waals surface area contributed by atoms with E-state index in [-0.39, 0.29) is 17.1 Å². The fourth-order valence-corrected chi connectivity index (χ4v) is 1.45. The van der Waals surface area contributed by atoms with Crippen LogP contribution in [0.3, 0.4) is 0 Å². The lowest BCUT2D eigenvalue weighted by atomic mass is 10.0. The minimum Gasteiger partial charge on any atom is -0.493 e. The summed E-state index contributed by atoms with van der Waals surface area (Å²) in [6, 6.07) is 1.47. The molecule has 0 saturated heterocycles. The number of halogens is 3. The van der Waals surface area contributed by atoms with E-state index in [4.69, 9.17) is 15.2 Å². The average molecular weight is 263 g/mol. The number of carbonyl (C=O) groups is 1. The molecule has 0 aliphatic rings. The van der Waals surface area contributed by atoms with E-state index in [2.05, 4.69) is 0 Å². The van der Waals surface area contributed by atoms with Crippen molar-refractivity contribution in [1.82, 2.24) is 0 Å². The molecule has 0 aliphatic heterocycles. The highest BCUT2D eigenvalue weighted by Crippen LogP contribution is 2.39. The van der Waals surface area contributed by atoms with Crippen LogP contribution in [0.5, 0.6) is 11.5 Å². The first kappa shape index (κ1) is 14.3. The summed E-state index contributed by atoms with van der Waals surface area (Å²) in [6.07, 6.45) is -4.58. The second-order valence-electron chi connectivity index (χ2n) is 3.38. The molecule has 0 heterocycles. The molecule has 0 spiro atoms. The third kappa shape index (κ3) is 2.73. The van der Waals surface area contributed by atoms with Gasteiger partial charge in [0.25, 0.3) is 0 Å². The van der Waals surface area contributed by atoms with Crippen molar-refractivity contribution in [1.29, 1.82) is 0 Å². The van der Waals surface area contributed by atoms with Gasteiger partial charge in [0, 0.05) is 0 Å². The van der Waals surface area contributed by atoms with E-state index >= 15 is 0 Å². The summed E-state index contributed by atoms with van der Waals surface area (Å²) in [5.41, 5.74) is 3.92. The minimum atomic E-state index is -4.58. The first-order valence-corrected chi connectivity index (χ1v) is 4.91. The topological polar surface area (TPSA) is 61.5 Å². The van der Waals surface area contributed by atoms with E-state index in [9.17, 15) is 18.0 Å². The predicted molar refractivity (Wildman–Crippen MR) is 57.9 cm³/mol. The molecule has 0 atom stereocenters. The Morgan fingerprint density at radius 1 is 1.28 bits per heavy atom. The van der Waals surface area contributed by atoms with E-state index in [0.29, 0.717) is 6.07 Å². The van der Waals surface area contributed by atoms with Gasteiger partial charge >= 0.3 is 6.18 Å². The number of hydrogen-bond donors (Lipinski definition) is 1. The van der Waals surface area contributed by atoms with E-state index < -0.39 is 24.1 Å². The number of alkyl halides is 3. The summed E-state index contributed by atoms with van der Waals surface area (Å²) in [4.78, 5) is 11.5. The van der Waals surface area contributed by atoms with Gasteiger partial charge in [-0.05, 0) is 12.1 Å². The number of Topliss-reactive ketones (excluding diaryl/α,β-unsaturated/α-hetero) is 1. The molecular weight excluding hydrogens is 251 g/mol. The highest BCUT2D eigenvalue weighted by atomic mass is 19.4. The molecule has 0 unspecified atom stereocenters. The Bertz CT molecular complexity index is 458. The Kier molecular flexibility index (Phi) is 4.18. The summed E-state index contributed by atoms with van der Waals surface area (Å²) >= 11 is 0. The van der Waals surface area contributed by atoms with Crippen LogP contribution in [0.4, 0.5) is 13.2 Å². The molecule has 0 fully saturated rings. The SMILES string of the molecule is COc1cc(C(F)(F)F)cc(C(=O)CN)c1OC. The Morgan fingerprint density at radius 2 is 1.89 bits per heavy atom. The predicted octanol–water partition coefficient (Wildman–Crippen LogP) is 1.86. The van der Waals surface area contributed by atoms with E-state index in [1.807, 2.05) is 0 Å². The van der Waals surface area contributed by atoms with Gasteiger partial charge < -0.3 is 15.2 Å². The number of hydrogen-bond acceptors (Lipinski definition) is 4. The van der Waals surface area contributed by atoms with Crippen LogP contribution in [-0.2, 0) is 6.18 Å². The molecule has 0 amide bonds. The highest BCUT2D eigenvalue weighted by molar-refractivity contribution is 6.01. The Labute approximate surface area is 101 Å². The molecule has 18 heavy (non-hydrogen) atoms. The van der Waals surface area contributed by atoms with Crippen molar-refractivity contribution in [3.63, 3.8) is 0 Å². The standard InChI is InChI=1S/C11H12F3NO3/c1-17-9-4-6(11(12,13)14)3-7(8(16)5-15)10(9)18-2/h3-4H,5,15H2,1-2H3. The third-order valence-electron chi connectivity index (χ3n) is 2.29. The van der Waals surface area contributed by atoms with Crippen LogP contribution in [0.1, 0.15) is 15.9 Å². The Hall–Kier alpha value is -1.76. The summed E-state index contributed by atoms with van der Waals surface area (Å²) < 4.78 is 47.6. The highest BCUT2D eigenvalue weighted by Gasteiger charge is 2.33. The molecule has 1 aromatic rings. The van der Waals surface area contributed by atoms with Crippen LogP contribution in [0.2, 0.25) is 0 Å². The number of ether oxygens (including phenoxy) is 2. The van der Waals surface area contributed by atoms with Crippen molar-refractivity contribution >= 4 is 5.78 Å². The van der Waals surface area contributed by atoms with Crippen molar-refractivity contribution in [3.05, 3.63) is 23.3 Å². The lowest BCUT2D eigenvalue weighted by Gasteiger charge is -2.15. The Morgan fingerprint density at radius 3 is 2.28 bits per heavy atom. The smallest absolute Gasteiger partial charge is 0.416 e. The summed E-state index contributed by atoms with van der Waals surface area (Å²) in [5.74, 6) is -0.874. The minimum absolute atomic E-state index is 0.0547. The molecule has 0 radical (unpaired) electrons. The Balaban J connectivity index is 3.50. The fourth-order valence-electron chi connectivity index (χ4n) is 1.45. The van der Waals surface area contributed by atoms with Gasteiger partial charge in [0.2, 0.25) is 0 Å². The van der Waals surface area contributed by atoms with E-state index in [1.54, 1.807) is 0 Å². The molecule has 0 bridgehead atoms. The average Bonchev–Trinajstić information content (AvgIpc) is 2.34. The number of benzene rings is 1. The summed E-state index contributed by atoms with van der Waals surface area (Å²) in [5, 5.41) is 0. The molecule has 1 aromatic carbocycles. The maximum atomic E-state index is 12.6. The quantitative estimate of drug-likeness (QED) is 0.842. The first-order valence-electron chi connectivity index (χ1n) is 4.91. The normalized spacial score (nSPS) is 11.2. The van der Waals surface area contributed by atoms with Gasteiger partial charge in [-0.15, -0.1) is 0 Å². The molecule has 100 valence electrons. The maximum Gasteiger partial charge on any atom is 0.416 e. The van der Waals surface area contributed by atoms with Crippen molar-refractivity contribution in [2.75, 3.05) is 20.8 Å². The van der Waals surface area contributed by atoms with Gasteiger partial charge in [0.1, 0.15) is 0 Å². The molecule has 0 saturated carbocycles. The third-order valence-corrected chi connectivity index (χ3v) is 2.29. The van der Waals surface area contributed by atoms with Gasteiger partial charge in [-0.3, -0.25) is 4.79 Å². The van der Waals surface area contributed by atoms with Crippen molar-refractivity contribution in [2.45, 2.75) is 6.18 Å². The molecule has 1 rings (SSSR count). The van der Waals surface area contributed by atoms with Crippen molar-refractivity contribution < 1.29 is 27.4 Å². The van der Waals surface area contributed by atoms with Crippen LogP contribution < -0.4 is 15.2 Å². The van der Waals surface area contributed by atoms with Crippen molar-refractivity contribution in [3.8, 4) is 11.5 Å². The number of methoxy groups -OCH3 is 2. The van der Waals surface area contributed by atoms with Crippen LogP contribution >= 0.6 is 0 Å². The maximum absolute atomic E-state index is 12.6. The van der Waals surface area contributed by atoms with Gasteiger partial charge in [-0.1, -0.05) is 0 Å². The number of nitrogens with two attached hydrogens (primary N) is 1. The molecule has 0 aliphatic carbocycles. The lowest BCUT2D eigenvalue weighted by molar-refractivity contribution is -0.137. The van der Waals surface area contributed by atoms with E-state index in [1.165, 1.54) is 14.2 Å². The number of ketones is 1. The van der Waals surface area contributed by atoms with Crippen LogP contribution in [0, 0.1) is 0 Å². The summed E-state index contributed by atoms with van der Waals surface area (Å²) in [7, 11) is 2.42. The van der Waals surface area contributed by atoms with Crippen LogP contribution in [-0.4, -0.2) is 26.5 Å². The fraction of sp³-hybridized carbons (Fsp3) is 0.364. The van der Waals surface area contributed by atoms with Crippen molar-refractivity contribution in [2.24, 2.45) is 5.73 Å². The van der Waals surface area contributed by atoms with Gasteiger partial charge in [-0.25, -0.2) is 0 Å². The number of rotatable bonds is 4. The largest absolute Gasteiger partial charge is 0.493 e. The molecule has 2 N–H and O–H groups in total. The van der Waals surface area contributed by atoms with Gasteiger partial charge in [0.05, 0.1) is 31.9 Å². The molecule has 4 nitrogen and oxygen atoms in total. The zero-order valence-electron chi connectivity index (χ0n) is 9.80. The second-order valence-corrected chi connectivity index (χ2v) is 3.38. The van der Waals surface area contributed by atoms with Gasteiger partial charge in [-0.2, -0.15) is 13.2 Å². The lowest BCUT2D eigenvalue weighted by Crippen LogP contribution is -2.17. The first-order chi connectivity index (χ1) is 8.35. The zero-order chi connectivity index (χ0) is 13.9. The monoisotopic (exact) mass is 263 g/mol. The van der Waals surface area contributed by atoms with E-state index in [0.717, 1.165) is 6.07 Å². The number of carbonyl (C=O) groups excluding carboxylic acids is 1. The van der Waals surface area contributed by atoms with Crippen LogP contribution in [0.25, 0.3) is 0 Å². The molecule has 7 heteroatoms. The van der Waals surface area contributed by atoms with Crippen LogP contribution in [0.15, 0.2) is 12.1 Å². The van der Waals surface area contributed by atoms with Gasteiger partial charge in [0.15, 0.2) is 17.3 Å². The molecular formula is C11H12F3NO3. The zero-order valence-corrected chi connectivity index (χ0v) is 9.80.